The molecule has 0 radical (unpaired) electrons. The van der Waals surface area contributed by atoms with Crippen LogP contribution >= 0.6 is 12.6 Å². The van der Waals surface area contributed by atoms with E-state index >= 15 is 0 Å². The zero-order valence-electron chi connectivity index (χ0n) is 5.70. The second kappa shape index (κ2) is 4.33. The summed E-state index contributed by atoms with van der Waals surface area (Å²) in [6.07, 6.45) is 0.321. The molecule has 0 aromatic heterocycles. The Morgan fingerprint density at radius 1 is 1.60 bits per heavy atom. The Bertz CT molecular complexity index is 144. The molecule has 0 aliphatic heterocycles. The minimum absolute atomic E-state index is 0.00769. The van der Waals surface area contributed by atoms with Crippen molar-refractivity contribution in [1.82, 2.24) is 0 Å². The molecule has 1 N–H and O–H groups in total. The number of rotatable bonds is 4. The van der Waals surface area contributed by atoms with Crippen LogP contribution < -0.4 is 0 Å². The van der Waals surface area contributed by atoms with E-state index in [1.54, 1.807) is 0 Å². The van der Waals surface area contributed by atoms with Crippen LogP contribution in [0.3, 0.4) is 0 Å². The molecule has 58 valence electrons. The standard InChI is InChI=1S/C6H10O3S/c1-4(7)5(10)2-3-6(8)9/h5,10H,2-3H2,1H3,(H,8,9). The molecule has 0 saturated carbocycles. The fourth-order valence-electron chi connectivity index (χ4n) is 0.463. The van der Waals surface area contributed by atoms with E-state index in [9.17, 15) is 9.59 Å². The van der Waals surface area contributed by atoms with Gasteiger partial charge in [0.1, 0.15) is 5.78 Å². The van der Waals surface area contributed by atoms with Gasteiger partial charge in [0.2, 0.25) is 0 Å². The molecule has 10 heavy (non-hydrogen) atoms. The van der Waals surface area contributed by atoms with Crippen LogP contribution in [0.2, 0.25) is 0 Å². The molecule has 1 unspecified atom stereocenters. The lowest BCUT2D eigenvalue weighted by Crippen LogP contribution is -2.11. The molecule has 0 aromatic rings. The zero-order valence-corrected chi connectivity index (χ0v) is 6.60. The first kappa shape index (κ1) is 9.49. The largest absolute Gasteiger partial charge is 0.481 e. The Labute approximate surface area is 64.8 Å². The van der Waals surface area contributed by atoms with E-state index in [0.717, 1.165) is 0 Å². The van der Waals surface area contributed by atoms with Crippen LogP contribution in [0.1, 0.15) is 19.8 Å². The van der Waals surface area contributed by atoms with Crippen LogP contribution in [-0.4, -0.2) is 22.1 Å². The lowest BCUT2D eigenvalue weighted by atomic mass is 10.2. The first-order valence-electron chi connectivity index (χ1n) is 2.94. The van der Waals surface area contributed by atoms with Crippen molar-refractivity contribution in [3.05, 3.63) is 0 Å². The smallest absolute Gasteiger partial charge is 0.303 e. The normalized spacial score (nSPS) is 12.6. The van der Waals surface area contributed by atoms with Gasteiger partial charge in [0.05, 0.1) is 5.25 Å². The Hall–Kier alpha value is -0.510. The number of carboxylic acids is 1. The molecule has 0 heterocycles. The molecular weight excluding hydrogens is 152 g/mol. The lowest BCUT2D eigenvalue weighted by Gasteiger charge is -2.01. The average Bonchev–Trinajstić information content (AvgIpc) is 1.82. The predicted octanol–water partition coefficient (Wildman–Crippen LogP) is 0.739. The Balaban J connectivity index is 3.49. The summed E-state index contributed by atoms with van der Waals surface area (Å²) in [6.45, 7) is 1.40. The van der Waals surface area contributed by atoms with Crippen LogP contribution in [0.5, 0.6) is 0 Å². The number of hydrogen-bond donors (Lipinski definition) is 2. The van der Waals surface area contributed by atoms with E-state index in [4.69, 9.17) is 5.11 Å². The summed E-state index contributed by atoms with van der Waals surface area (Å²) in [7, 11) is 0. The van der Waals surface area contributed by atoms with Crippen molar-refractivity contribution in [3.8, 4) is 0 Å². The van der Waals surface area contributed by atoms with Crippen LogP contribution in [0, 0.1) is 0 Å². The number of carbonyl (C=O) groups excluding carboxylic acids is 1. The van der Waals surface area contributed by atoms with Crippen molar-refractivity contribution in [1.29, 1.82) is 0 Å². The van der Waals surface area contributed by atoms with Crippen LogP contribution in [-0.2, 0) is 9.59 Å². The second-order valence-electron chi connectivity index (χ2n) is 2.06. The first-order chi connectivity index (χ1) is 4.54. The number of carboxylic acid groups (broad SMARTS) is 1. The average molecular weight is 162 g/mol. The van der Waals surface area contributed by atoms with Crippen molar-refractivity contribution < 1.29 is 14.7 Å². The molecular formula is C6H10O3S. The van der Waals surface area contributed by atoms with Gasteiger partial charge in [0, 0.05) is 6.42 Å². The van der Waals surface area contributed by atoms with Crippen LogP contribution in [0.25, 0.3) is 0 Å². The van der Waals surface area contributed by atoms with Crippen molar-refractivity contribution in [2.45, 2.75) is 25.0 Å². The highest BCUT2D eigenvalue weighted by molar-refractivity contribution is 7.81. The van der Waals surface area contributed by atoms with E-state index < -0.39 is 11.2 Å². The van der Waals surface area contributed by atoms with Gasteiger partial charge in [-0.3, -0.25) is 9.59 Å². The highest BCUT2D eigenvalue weighted by Crippen LogP contribution is 2.05. The topological polar surface area (TPSA) is 54.4 Å². The quantitative estimate of drug-likeness (QED) is 0.599. The third-order valence-corrected chi connectivity index (χ3v) is 1.72. The highest BCUT2D eigenvalue weighted by atomic mass is 32.1. The third kappa shape index (κ3) is 4.38. The number of carbonyl (C=O) groups is 2. The highest BCUT2D eigenvalue weighted by Gasteiger charge is 2.09. The van der Waals surface area contributed by atoms with Gasteiger partial charge in [0.25, 0.3) is 0 Å². The lowest BCUT2D eigenvalue weighted by molar-refractivity contribution is -0.137. The summed E-state index contributed by atoms with van der Waals surface area (Å²) in [5.41, 5.74) is 0. The molecule has 0 spiro atoms. The SMILES string of the molecule is CC(=O)C(S)CCC(=O)O. The molecule has 0 amide bonds. The van der Waals surface area contributed by atoms with Crippen molar-refractivity contribution >= 4 is 24.4 Å². The number of hydrogen-bond acceptors (Lipinski definition) is 3. The Morgan fingerprint density at radius 3 is 2.40 bits per heavy atom. The summed E-state index contributed by atoms with van der Waals surface area (Å²) in [4.78, 5) is 20.5. The monoisotopic (exact) mass is 162 g/mol. The summed E-state index contributed by atoms with van der Waals surface area (Å²) < 4.78 is 0. The van der Waals surface area contributed by atoms with Crippen LogP contribution in [0.15, 0.2) is 0 Å². The molecule has 0 aromatic carbocycles. The molecule has 1 atom stereocenters. The third-order valence-electron chi connectivity index (χ3n) is 1.10. The molecule has 3 nitrogen and oxygen atoms in total. The molecule has 0 saturated heterocycles. The van der Waals surface area contributed by atoms with Gasteiger partial charge in [-0.15, -0.1) is 0 Å². The maximum Gasteiger partial charge on any atom is 0.303 e. The van der Waals surface area contributed by atoms with Gasteiger partial charge < -0.3 is 5.11 Å². The fraction of sp³-hybridized carbons (Fsp3) is 0.667. The summed E-state index contributed by atoms with van der Waals surface area (Å²) >= 11 is 3.89. The fourth-order valence-corrected chi connectivity index (χ4v) is 0.593. The maximum absolute atomic E-state index is 10.5. The minimum Gasteiger partial charge on any atom is -0.481 e. The summed E-state index contributed by atoms with van der Waals surface area (Å²) in [6, 6.07) is 0. The number of ketones is 1. The summed E-state index contributed by atoms with van der Waals surface area (Å²) in [5, 5.41) is 7.78. The summed E-state index contributed by atoms with van der Waals surface area (Å²) in [5.74, 6) is -0.968. The predicted molar refractivity (Wildman–Crippen MR) is 40.3 cm³/mol. The molecule has 0 aliphatic carbocycles. The van der Waals surface area contributed by atoms with E-state index in [0.29, 0.717) is 6.42 Å². The van der Waals surface area contributed by atoms with E-state index in [1.165, 1.54) is 6.92 Å². The Morgan fingerprint density at radius 2 is 2.10 bits per heavy atom. The van der Waals surface area contributed by atoms with E-state index in [-0.39, 0.29) is 12.2 Å². The molecule has 4 heteroatoms. The first-order valence-corrected chi connectivity index (χ1v) is 3.46. The number of Topliss-reactive ketones (excluding diaryl/α,β-unsaturated/α-hetero) is 1. The zero-order chi connectivity index (χ0) is 8.15. The van der Waals surface area contributed by atoms with Crippen molar-refractivity contribution in [2.75, 3.05) is 0 Å². The Kier molecular flexibility index (Phi) is 4.11. The van der Waals surface area contributed by atoms with Gasteiger partial charge >= 0.3 is 5.97 Å². The molecule has 0 rings (SSSR count). The van der Waals surface area contributed by atoms with Crippen LogP contribution in [0.4, 0.5) is 0 Å². The van der Waals surface area contributed by atoms with Gasteiger partial charge in [-0.05, 0) is 13.3 Å². The van der Waals surface area contributed by atoms with Gasteiger partial charge in [0.15, 0.2) is 0 Å². The second-order valence-corrected chi connectivity index (χ2v) is 2.68. The molecule has 0 aliphatic rings. The van der Waals surface area contributed by atoms with Gasteiger partial charge in [-0.2, -0.15) is 12.6 Å². The number of thiol groups is 1. The van der Waals surface area contributed by atoms with Crippen molar-refractivity contribution in [2.24, 2.45) is 0 Å². The minimum atomic E-state index is -0.889. The van der Waals surface area contributed by atoms with E-state index in [2.05, 4.69) is 12.6 Å². The van der Waals surface area contributed by atoms with Gasteiger partial charge in [-0.25, -0.2) is 0 Å². The number of aliphatic carboxylic acids is 1. The van der Waals surface area contributed by atoms with E-state index in [1.807, 2.05) is 0 Å². The van der Waals surface area contributed by atoms with Crippen molar-refractivity contribution in [3.63, 3.8) is 0 Å². The molecule has 0 fully saturated rings. The maximum atomic E-state index is 10.5. The molecule has 0 bridgehead atoms. The van der Waals surface area contributed by atoms with Gasteiger partial charge in [-0.1, -0.05) is 0 Å².